The number of benzene rings is 2. The summed E-state index contributed by atoms with van der Waals surface area (Å²) in [5.74, 6) is -0.823. The molecule has 0 radical (unpaired) electrons. The lowest BCUT2D eigenvalue weighted by atomic mass is 10.2. The van der Waals surface area contributed by atoms with Gasteiger partial charge in [-0.05, 0) is 49.4 Å². The molecule has 0 unspecified atom stereocenters. The van der Waals surface area contributed by atoms with Crippen LogP contribution in [-0.2, 0) is 16.6 Å². The van der Waals surface area contributed by atoms with E-state index in [-0.39, 0.29) is 16.3 Å². The average molecular weight is 436 g/mol. The Labute approximate surface area is 173 Å². The number of rotatable bonds is 6. The molecule has 1 amide bonds. The lowest BCUT2D eigenvalue weighted by molar-refractivity contribution is 0.0997. The molecule has 0 atom stereocenters. The maximum absolute atomic E-state index is 13.5. The number of aromatic nitrogens is 1. The van der Waals surface area contributed by atoms with Crippen molar-refractivity contribution in [2.75, 3.05) is 13.1 Å². The average Bonchev–Trinajstić information content (AvgIpc) is 3.04. The van der Waals surface area contributed by atoms with E-state index in [0.717, 1.165) is 5.52 Å². The second-order valence-corrected chi connectivity index (χ2v) is 9.22. The Hall–Kier alpha value is -2.36. The third-order valence-corrected chi connectivity index (χ3v) is 7.71. The smallest absolute Gasteiger partial charge is 0.279 e. The van der Waals surface area contributed by atoms with Crippen molar-refractivity contribution in [1.82, 2.24) is 8.87 Å². The molecule has 29 heavy (non-hydrogen) atoms. The van der Waals surface area contributed by atoms with Crippen LogP contribution >= 0.6 is 11.3 Å². The molecule has 0 aliphatic heterocycles. The van der Waals surface area contributed by atoms with Crippen molar-refractivity contribution in [3.63, 3.8) is 0 Å². The molecule has 3 aromatic rings. The molecule has 0 aliphatic rings. The molecular weight excluding hydrogens is 413 g/mol. The van der Waals surface area contributed by atoms with E-state index in [9.17, 15) is 17.6 Å². The molecule has 0 N–H and O–H groups in total. The number of fused-ring (bicyclic) bond motifs is 1. The van der Waals surface area contributed by atoms with E-state index >= 15 is 0 Å². The number of amides is 1. The number of hydrogen-bond acceptors (Lipinski definition) is 4. The van der Waals surface area contributed by atoms with Gasteiger partial charge in [0.25, 0.3) is 5.91 Å². The van der Waals surface area contributed by atoms with E-state index in [4.69, 9.17) is 0 Å². The van der Waals surface area contributed by atoms with Gasteiger partial charge in [-0.1, -0.05) is 25.2 Å². The van der Waals surface area contributed by atoms with Crippen molar-refractivity contribution < 1.29 is 17.6 Å². The summed E-state index contributed by atoms with van der Waals surface area (Å²) in [5.41, 5.74) is 1.10. The molecule has 6 nitrogen and oxygen atoms in total. The summed E-state index contributed by atoms with van der Waals surface area (Å²) in [6.07, 6.45) is 0. The fourth-order valence-electron chi connectivity index (χ4n) is 3.07. The fourth-order valence-corrected chi connectivity index (χ4v) is 5.65. The molecule has 0 bridgehead atoms. The van der Waals surface area contributed by atoms with E-state index in [1.54, 1.807) is 19.9 Å². The molecule has 0 saturated heterocycles. The zero-order valence-electron chi connectivity index (χ0n) is 16.4. The predicted octanol–water partition coefficient (Wildman–Crippen LogP) is 3.63. The predicted molar refractivity (Wildman–Crippen MR) is 112 cm³/mol. The van der Waals surface area contributed by atoms with Crippen molar-refractivity contribution >= 4 is 37.5 Å². The molecular formula is C20H22FN3O3S2. The van der Waals surface area contributed by atoms with Crippen LogP contribution in [0.5, 0.6) is 0 Å². The number of halogens is 1. The number of hydrogen-bond donors (Lipinski definition) is 0. The number of nitrogens with zero attached hydrogens (tertiary/aromatic N) is 3. The summed E-state index contributed by atoms with van der Waals surface area (Å²) in [5, 5.41) is 0. The van der Waals surface area contributed by atoms with Gasteiger partial charge in [0.05, 0.1) is 15.1 Å². The van der Waals surface area contributed by atoms with E-state index in [1.165, 1.54) is 52.0 Å². The van der Waals surface area contributed by atoms with Gasteiger partial charge in [-0.2, -0.15) is 9.30 Å². The van der Waals surface area contributed by atoms with Gasteiger partial charge < -0.3 is 4.57 Å². The molecule has 2 aromatic carbocycles. The SMILES string of the molecule is CCN(CC)S(=O)(=O)c1ccc(C(=O)N=c2sc3cc(F)ccc3n2CC)cc1. The van der Waals surface area contributed by atoms with Gasteiger partial charge >= 0.3 is 0 Å². The first kappa shape index (κ1) is 21.4. The first-order valence-electron chi connectivity index (χ1n) is 9.30. The molecule has 0 aliphatic carbocycles. The van der Waals surface area contributed by atoms with E-state index in [0.29, 0.717) is 29.1 Å². The number of thiazole rings is 1. The molecule has 3 rings (SSSR count). The van der Waals surface area contributed by atoms with Gasteiger partial charge in [0, 0.05) is 25.2 Å². The minimum Gasteiger partial charge on any atom is -0.317 e. The zero-order chi connectivity index (χ0) is 21.2. The molecule has 0 saturated carbocycles. The van der Waals surface area contributed by atoms with Crippen LogP contribution in [0.2, 0.25) is 0 Å². The monoisotopic (exact) mass is 435 g/mol. The molecule has 1 aromatic heterocycles. The quantitative estimate of drug-likeness (QED) is 0.594. The van der Waals surface area contributed by atoms with Gasteiger partial charge in [-0.25, -0.2) is 12.8 Å². The summed E-state index contributed by atoms with van der Waals surface area (Å²) < 4.78 is 42.5. The fraction of sp³-hybridized carbons (Fsp3) is 0.300. The maximum atomic E-state index is 13.5. The summed E-state index contributed by atoms with van der Waals surface area (Å²) in [7, 11) is -3.58. The first-order chi connectivity index (χ1) is 13.8. The van der Waals surface area contributed by atoms with Gasteiger partial charge in [-0.3, -0.25) is 4.79 Å². The number of carbonyl (C=O) groups is 1. The summed E-state index contributed by atoms with van der Waals surface area (Å²) >= 11 is 1.24. The standard InChI is InChI=1S/C20H22FN3O3S2/c1-4-23(5-2)29(26,27)16-10-7-14(8-11-16)19(25)22-20-24(6-3)17-12-9-15(21)13-18(17)28-20/h7-13H,4-6H2,1-3H3. The van der Waals surface area contributed by atoms with Crippen molar-refractivity contribution in [2.24, 2.45) is 4.99 Å². The summed E-state index contributed by atoms with van der Waals surface area (Å²) in [4.78, 5) is 17.4. The summed E-state index contributed by atoms with van der Waals surface area (Å²) in [6, 6.07) is 10.2. The van der Waals surface area contributed by atoms with Gasteiger partial charge in [0.1, 0.15) is 5.82 Å². The van der Waals surface area contributed by atoms with Crippen LogP contribution in [0.25, 0.3) is 10.2 Å². The van der Waals surface area contributed by atoms with Gasteiger partial charge in [-0.15, -0.1) is 0 Å². The second-order valence-electron chi connectivity index (χ2n) is 6.27. The van der Waals surface area contributed by atoms with Crippen LogP contribution in [0, 0.1) is 5.82 Å². The maximum Gasteiger partial charge on any atom is 0.279 e. The van der Waals surface area contributed by atoms with E-state index in [1.807, 2.05) is 11.5 Å². The molecule has 154 valence electrons. The normalized spacial score (nSPS) is 12.8. The second kappa shape index (κ2) is 8.56. The topological polar surface area (TPSA) is 71.7 Å². The first-order valence-corrected chi connectivity index (χ1v) is 11.6. The Morgan fingerprint density at radius 2 is 1.76 bits per heavy atom. The Bertz CT molecular complexity index is 1210. The molecule has 9 heteroatoms. The molecule has 1 heterocycles. The zero-order valence-corrected chi connectivity index (χ0v) is 18.1. The van der Waals surface area contributed by atoms with E-state index in [2.05, 4.69) is 4.99 Å². The van der Waals surface area contributed by atoms with Crippen molar-refractivity contribution in [3.05, 3.63) is 58.6 Å². The van der Waals surface area contributed by atoms with Crippen LogP contribution < -0.4 is 4.80 Å². The van der Waals surface area contributed by atoms with Crippen LogP contribution in [0.1, 0.15) is 31.1 Å². The van der Waals surface area contributed by atoms with Crippen LogP contribution in [0.15, 0.2) is 52.4 Å². The molecule has 0 spiro atoms. The highest BCUT2D eigenvalue weighted by atomic mass is 32.2. The third kappa shape index (κ3) is 4.17. The lowest BCUT2D eigenvalue weighted by Gasteiger charge is -2.18. The summed E-state index contributed by atoms with van der Waals surface area (Å²) in [6.45, 7) is 6.80. The Kier molecular flexibility index (Phi) is 6.30. The largest absolute Gasteiger partial charge is 0.317 e. The highest BCUT2D eigenvalue weighted by Crippen LogP contribution is 2.19. The number of sulfonamides is 1. The van der Waals surface area contributed by atoms with Gasteiger partial charge in [0.15, 0.2) is 4.80 Å². The van der Waals surface area contributed by atoms with Crippen LogP contribution in [0.4, 0.5) is 4.39 Å². The van der Waals surface area contributed by atoms with E-state index < -0.39 is 15.9 Å². The van der Waals surface area contributed by atoms with Crippen molar-refractivity contribution in [2.45, 2.75) is 32.2 Å². The van der Waals surface area contributed by atoms with Crippen molar-refractivity contribution in [1.29, 1.82) is 0 Å². The third-order valence-electron chi connectivity index (χ3n) is 4.60. The Morgan fingerprint density at radius 1 is 1.10 bits per heavy atom. The number of carbonyl (C=O) groups excluding carboxylic acids is 1. The Morgan fingerprint density at radius 3 is 2.34 bits per heavy atom. The highest BCUT2D eigenvalue weighted by Gasteiger charge is 2.21. The van der Waals surface area contributed by atoms with Crippen molar-refractivity contribution in [3.8, 4) is 0 Å². The Balaban J connectivity index is 1.97. The minimum absolute atomic E-state index is 0.138. The van der Waals surface area contributed by atoms with Crippen LogP contribution in [0.3, 0.4) is 0 Å². The van der Waals surface area contributed by atoms with Gasteiger partial charge in [0.2, 0.25) is 10.0 Å². The highest BCUT2D eigenvalue weighted by molar-refractivity contribution is 7.89. The lowest BCUT2D eigenvalue weighted by Crippen LogP contribution is -2.30. The number of aryl methyl sites for hydroxylation is 1. The minimum atomic E-state index is -3.58. The van der Waals surface area contributed by atoms with Crippen LogP contribution in [-0.4, -0.2) is 36.3 Å². The molecule has 0 fully saturated rings.